The zero-order valence-corrected chi connectivity index (χ0v) is 11.3. The van der Waals surface area contributed by atoms with E-state index in [4.69, 9.17) is 16.7 Å². The van der Waals surface area contributed by atoms with Crippen molar-refractivity contribution in [3.8, 4) is 0 Å². The van der Waals surface area contributed by atoms with Gasteiger partial charge < -0.3 is 10.4 Å². The van der Waals surface area contributed by atoms with Crippen LogP contribution in [0.2, 0.25) is 5.02 Å². The normalized spacial score (nSPS) is 10.3. The molecular formula is C11H10ClN5O4. The molecule has 2 rings (SSSR count). The van der Waals surface area contributed by atoms with Gasteiger partial charge in [-0.15, -0.1) is 5.10 Å². The van der Waals surface area contributed by atoms with Crippen LogP contribution in [0.1, 0.15) is 10.4 Å². The summed E-state index contributed by atoms with van der Waals surface area (Å²) in [7, 11) is 0. The number of aromatic carboxylic acids is 1. The van der Waals surface area contributed by atoms with Gasteiger partial charge in [0.1, 0.15) is 0 Å². The summed E-state index contributed by atoms with van der Waals surface area (Å²) in [5.74, 6) is -1.30. The lowest BCUT2D eigenvalue weighted by atomic mass is 10.1. The molecule has 2 aromatic rings. The van der Waals surface area contributed by atoms with Crippen molar-refractivity contribution in [2.24, 2.45) is 0 Å². The molecule has 21 heavy (non-hydrogen) atoms. The van der Waals surface area contributed by atoms with Gasteiger partial charge in [0.15, 0.2) is 0 Å². The highest BCUT2D eigenvalue weighted by Crippen LogP contribution is 2.31. The predicted molar refractivity (Wildman–Crippen MR) is 73.6 cm³/mol. The Balaban J connectivity index is 2.21. The molecule has 0 unspecified atom stereocenters. The van der Waals surface area contributed by atoms with Crippen molar-refractivity contribution in [1.29, 1.82) is 0 Å². The third-order valence-electron chi connectivity index (χ3n) is 2.63. The summed E-state index contributed by atoms with van der Waals surface area (Å²) < 4.78 is 1.55. The van der Waals surface area contributed by atoms with Gasteiger partial charge in [0.05, 0.1) is 33.9 Å². The van der Waals surface area contributed by atoms with E-state index in [9.17, 15) is 14.9 Å². The van der Waals surface area contributed by atoms with Crippen molar-refractivity contribution in [3.05, 3.63) is 45.2 Å². The van der Waals surface area contributed by atoms with E-state index in [1.165, 1.54) is 6.20 Å². The molecule has 0 bridgehead atoms. The van der Waals surface area contributed by atoms with Crippen LogP contribution in [-0.4, -0.2) is 37.5 Å². The van der Waals surface area contributed by atoms with Gasteiger partial charge in [-0.3, -0.25) is 14.8 Å². The molecule has 1 aromatic carbocycles. The number of nitrogens with zero attached hydrogens (tertiary/aromatic N) is 4. The number of hydrogen-bond donors (Lipinski definition) is 2. The van der Waals surface area contributed by atoms with Crippen LogP contribution in [0, 0.1) is 10.1 Å². The third-order valence-corrected chi connectivity index (χ3v) is 2.93. The summed E-state index contributed by atoms with van der Waals surface area (Å²) in [5.41, 5.74) is -0.498. The molecule has 0 saturated heterocycles. The second-order valence-electron chi connectivity index (χ2n) is 4.01. The van der Waals surface area contributed by atoms with Crippen LogP contribution in [0.25, 0.3) is 0 Å². The molecule has 10 heteroatoms. The monoisotopic (exact) mass is 311 g/mol. The topological polar surface area (TPSA) is 123 Å². The van der Waals surface area contributed by atoms with Crippen molar-refractivity contribution >= 4 is 28.9 Å². The Bertz CT molecular complexity index is 674. The lowest BCUT2D eigenvalue weighted by molar-refractivity contribution is -0.384. The van der Waals surface area contributed by atoms with Gasteiger partial charge in [-0.25, -0.2) is 4.79 Å². The fourth-order valence-electron chi connectivity index (χ4n) is 1.69. The second kappa shape index (κ2) is 6.18. The average molecular weight is 312 g/mol. The standard InChI is InChI=1S/C11H10ClN5O4/c12-9-6-7(17(20)21)5-8(11(18)19)10(9)13-1-3-16-4-2-14-15-16/h2,4-6,13H,1,3H2,(H,18,19). The number of carbonyl (C=O) groups is 1. The Kier molecular flexibility index (Phi) is 4.33. The predicted octanol–water partition coefficient (Wildman–Crippen LogP) is 1.65. The minimum Gasteiger partial charge on any atom is -0.478 e. The van der Waals surface area contributed by atoms with Gasteiger partial charge in [-0.1, -0.05) is 16.8 Å². The highest BCUT2D eigenvalue weighted by molar-refractivity contribution is 6.34. The summed E-state index contributed by atoms with van der Waals surface area (Å²) in [5, 5.41) is 30.1. The first kappa shape index (κ1) is 14.7. The van der Waals surface area contributed by atoms with Gasteiger partial charge in [-0.2, -0.15) is 0 Å². The molecule has 0 saturated carbocycles. The highest BCUT2D eigenvalue weighted by atomic mass is 35.5. The Morgan fingerprint density at radius 1 is 1.52 bits per heavy atom. The first-order valence-corrected chi connectivity index (χ1v) is 6.16. The summed E-state index contributed by atoms with van der Waals surface area (Å²) >= 11 is 5.92. The Hall–Kier alpha value is -2.68. The van der Waals surface area contributed by atoms with Gasteiger partial charge in [0.2, 0.25) is 0 Å². The molecule has 0 radical (unpaired) electrons. The maximum atomic E-state index is 11.2. The van der Waals surface area contributed by atoms with Crippen molar-refractivity contribution in [2.75, 3.05) is 11.9 Å². The zero-order chi connectivity index (χ0) is 15.4. The maximum Gasteiger partial charge on any atom is 0.338 e. The van der Waals surface area contributed by atoms with E-state index >= 15 is 0 Å². The summed E-state index contributed by atoms with van der Waals surface area (Å²) in [6.45, 7) is 0.771. The average Bonchev–Trinajstić information content (AvgIpc) is 2.92. The van der Waals surface area contributed by atoms with Gasteiger partial charge in [0.25, 0.3) is 5.69 Å². The van der Waals surface area contributed by atoms with Crippen LogP contribution in [-0.2, 0) is 6.54 Å². The Morgan fingerprint density at radius 3 is 2.86 bits per heavy atom. The Labute approximate surface area is 123 Å². The molecule has 2 N–H and O–H groups in total. The van der Waals surface area contributed by atoms with Crippen LogP contribution in [0.15, 0.2) is 24.5 Å². The largest absolute Gasteiger partial charge is 0.478 e. The molecule has 0 atom stereocenters. The van der Waals surface area contributed by atoms with E-state index in [2.05, 4.69) is 15.6 Å². The lowest BCUT2D eigenvalue weighted by Crippen LogP contribution is -2.14. The van der Waals surface area contributed by atoms with Crippen LogP contribution in [0.4, 0.5) is 11.4 Å². The molecule has 0 aliphatic rings. The number of nitro groups is 1. The highest BCUT2D eigenvalue weighted by Gasteiger charge is 2.19. The fourth-order valence-corrected chi connectivity index (χ4v) is 1.97. The number of aromatic nitrogens is 3. The van der Waals surface area contributed by atoms with Crippen LogP contribution < -0.4 is 5.32 Å². The lowest BCUT2D eigenvalue weighted by Gasteiger charge is -2.11. The fraction of sp³-hybridized carbons (Fsp3) is 0.182. The number of halogens is 1. The Morgan fingerprint density at radius 2 is 2.29 bits per heavy atom. The van der Waals surface area contributed by atoms with Crippen molar-refractivity contribution in [2.45, 2.75) is 6.54 Å². The number of carboxylic acid groups (broad SMARTS) is 1. The molecule has 0 spiro atoms. The summed E-state index contributed by atoms with van der Waals surface area (Å²) in [4.78, 5) is 21.2. The molecule has 9 nitrogen and oxygen atoms in total. The number of anilines is 1. The van der Waals surface area contributed by atoms with Gasteiger partial charge in [0, 0.05) is 24.9 Å². The number of rotatable bonds is 6. The number of carboxylic acids is 1. The molecule has 0 aliphatic heterocycles. The SMILES string of the molecule is O=C(O)c1cc([N+](=O)[O-])cc(Cl)c1NCCn1ccnn1. The molecular weight excluding hydrogens is 302 g/mol. The van der Waals surface area contributed by atoms with Crippen LogP contribution in [0.5, 0.6) is 0 Å². The molecule has 0 amide bonds. The summed E-state index contributed by atoms with van der Waals surface area (Å²) in [6.07, 6.45) is 3.17. The van der Waals surface area contributed by atoms with Gasteiger partial charge >= 0.3 is 5.97 Å². The van der Waals surface area contributed by atoms with Gasteiger partial charge in [-0.05, 0) is 0 Å². The number of nitro benzene ring substituents is 1. The number of non-ortho nitro benzene ring substituents is 1. The first-order chi connectivity index (χ1) is 9.99. The first-order valence-electron chi connectivity index (χ1n) is 5.78. The summed E-state index contributed by atoms with van der Waals surface area (Å²) in [6, 6.07) is 2.07. The van der Waals surface area contributed by atoms with Crippen LogP contribution in [0.3, 0.4) is 0 Å². The molecule has 1 aromatic heterocycles. The van der Waals surface area contributed by atoms with E-state index in [1.807, 2.05) is 0 Å². The smallest absolute Gasteiger partial charge is 0.338 e. The molecule has 110 valence electrons. The van der Waals surface area contributed by atoms with E-state index in [-0.39, 0.29) is 22.0 Å². The maximum absolute atomic E-state index is 11.2. The number of nitrogens with one attached hydrogen (secondary N) is 1. The van der Waals surface area contributed by atoms with E-state index in [0.717, 1.165) is 12.1 Å². The third kappa shape index (κ3) is 3.45. The van der Waals surface area contributed by atoms with Crippen LogP contribution >= 0.6 is 11.6 Å². The number of hydrogen-bond acceptors (Lipinski definition) is 6. The van der Waals surface area contributed by atoms with Crippen molar-refractivity contribution < 1.29 is 14.8 Å². The number of benzene rings is 1. The van der Waals surface area contributed by atoms with E-state index in [0.29, 0.717) is 13.1 Å². The molecule has 1 heterocycles. The van der Waals surface area contributed by atoms with E-state index in [1.54, 1.807) is 10.9 Å². The quantitative estimate of drug-likeness (QED) is 0.614. The van der Waals surface area contributed by atoms with Crippen molar-refractivity contribution in [1.82, 2.24) is 15.0 Å². The van der Waals surface area contributed by atoms with Crippen molar-refractivity contribution in [3.63, 3.8) is 0 Å². The second-order valence-corrected chi connectivity index (χ2v) is 4.41. The minimum absolute atomic E-state index is 0.0276. The van der Waals surface area contributed by atoms with E-state index < -0.39 is 10.9 Å². The minimum atomic E-state index is -1.30. The zero-order valence-electron chi connectivity index (χ0n) is 10.6. The molecule has 0 fully saturated rings. The molecule has 0 aliphatic carbocycles.